The maximum absolute atomic E-state index is 13.0. The Hall–Kier alpha value is -11.8. The van der Waals surface area contributed by atoms with E-state index in [1.165, 1.54) is 36.4 Å². The summed E-state index contributed by atoms with van der Waals surface area (Å²) >= 11 is 0. The molecule has 1 fully saturated rings. The Balaban J connectivity index is 0.000000187. The zero-order chi connectivity index (χ0) is 66.4. The lowest BCUT2D eigenvalue weighted by Crippen LogP contribution is -2.32. The number of hydrogen-bond acceptors (Lipinski definition) is 14. The smallest absolute Gasteiger partial charge is 0.363 e. The van der Waals surface area contributed by atoms with Crippen LogP contribution in [0.3, 0.4) is 0 Å². The van der Waals surface area contributed by atoms with E-state index in [-0.39, 0.29) is 47.2 Å². The minimum absolute atomic E-state index is 0.0179. The van der Waals surface area contributed by atoms with E-state index in [0.29, 0.717) is 78.6 Å². The van der Waals surface area contributed by atoms with Gasteiger partial charge in [-0.3, -0.25) is 14.4 Å². The van der Waals surface area contributed by atoms with Crippen molar-refractivity contribution in [2.75, 3.05) is 66.2 Å². The van der Waals surface area contributed by atoms with Crippen LogP contribution in [0.4, 0.5) is 11.4 Å². The summed E-state index contributed by atoms with van der Waals surface area (Å²) in [6.07, 6.45) is -0.0918. The SMILES string of the molecule is CN(C)c1ccc2c(-c3ccc(C(=O)NCc4ccc(C(=O)O)cc4)cc3C(=O)O)c3ccc(=[N+](C)C)cc-3oc2c1.CN(C)c1ccc2c(-c3ccc(C(=O)ON4C(=O)CCC4=O)cc3C(=O)O)c3ccc(=[N+](C)C)cc-3oc2c1.NCc1ccc(C(=O)O)cc1. The molecule has 7 N–H and O–H groups in total. The number of carbonyl (C=O) groups is 8. The van der Waals surface area contributed by atoms with Gasteiger partial charge in [0.25, 0.3) is 17.7 Å². The molecule has 468 valence electrons. The van der Waals surface area contributed by atoms with Crippen molar-refractivity contribution < 1.29 is 72.5 Å². The van der Waals surface area contributed by atoms with Crippen LogP contribution in [0.15, 0.2) is 167 Å². The molecule has 0 radical (unpaired) electrons. The Bertz CT molecular complexity index is 4680. The lowest BCUT2D eigenvalue weighted by Gasteiger charge is -2.19. The molecule has 11 rings (SSSR count). The number of rotatable bonds is 14. The van der Waals surface area contributed by atoms with E-state index in [0.717, 1.165) is 38.6 Å². The fraction of sp³-hybridized carbons (Fsp3) is 0.171. The number of benzene rings is 8. The summed E-state index contributed by atoms with van der Waals surface area (Å²) in [5.41, 5.74) is 13.9. The minimum atomic E-state index is -1.26. The average Bonchev–Trinajstić information content (AvgIpc) is 0.817. The van der Waals surface area contributed by atoms with Gasteiger partial charge in [0.05, 0.1) is 39.9 Å². The van der Waals surface area contributed by atoms with Gasteiger partial charge in [-0.1, -0.05) is 36.4 Å². The molecule has 0 spiro atoms. The molecule has 92 heavy (non-hydrogen) atoms. The van der Waals surface area contributed by atoms with Gasteiger partial charge in [-0.05, 0) is 107 Å². The van der Waals surface area contributed by atoms with Gasteiger partial charge in [0, 0.05) is 128 Å². The molecular formula is C70H65N7O15+2. The Morgan fingerprint density at radius 1 is 0.500 bits per heavy atom. The number of nitrogens with one attached hydrogen (secondary N) is 1. The van der Waals surface area contributed by atoms with Crippen LogP contribution in [-0.2, 0) is 27.5 Å². The third-order valence-corrected chi connectivity index (χ3v) is 15.3. The standard InChI is InChI=1S/C33H29N3O6.C29H25N3O7.C8H9NO2/c1-35(2)22-10-13-25-28(16-22)42-29-17-23(36(3)4)11-14-26(29)30(25)24-12-9-21(15-27(24)33(40)41)31(37)34-18-19-5-7-20(8-6-19)32(38)39;1-30(2)17-6-9-20-23(14-17)38-24-15-18(31(3)4)7-10-21(24)27(20)19-8-5-16(13-22(19)28(35)36)29(37)39-32-25(33)11-12-26(32)34;9-5-6-1-3-7(4-2-6)8(10)11/h5-17H,18H2,1-4H3,(H2-,34,37,38,39,40,41);5-10,13-15H,11-12H2,1-4H3;1-4H,5,9H2,(H,10,11)/p+2. The topological polar surface area (TPSA) is 307 Å². The van der Waals surface area contributed by atoms with Crippen LogP contribution in [0.2, 0.25) is 0 Å². The van der Waals surface area contributed by atoms with Gasteiger partial charge in [0.1, 0.15) is 50.9 Å². The van der Waals surface area contributed by atoms with E-state index >= 15 is 0 Å². The van der Waals surface area contributed by atoms with Gasteiger partial charge in [-0.25, -0.2) is 33.1 Å². The molecule has 1 saturated heterocycles. The highest BCUT2D eigenvalue weighted by Crippen LogP contribution is 2.44. The number of imide groups is 1. The van der Waals surface area contributed by atoms with Crippen LogP contribution in [0.1, 0.15) is 86.1 Å². The maximum Gasteiger partial charge on any atom is 0.363 e. The molecule has 22 nitrogen and oxygen atoms in total. The van der Waals surface area contributed by atoms with Crippen molar-refractivity contribution in [1.82, 2.24) is 19.5 Å². The number of fused-ring (bicyclic) bond motifs is 4. The number of hydroxylamine groups is 2. The zero-order valence-electron chi connectivity index (χ0n) is 51.4. The van der Waals surface area contributed by atoms with Crippen LogP contribution in [-0.4, -0.2) is 129 Å². The molecule has 6 aromatic rings. The fourth-order valence-electron chi connectivity index (χ4n) is 10.2. The van der Waals surface area contributed by atoms with Crippen molar-refractivity contribution in [2.45, 2.75) is 25.9 Å². The van der Waals surface area contributed by atoms with Crippen LogP contribution in [0, 0.1) is 0 Å². The number of aromatic carboxylic acids is 4. The van der Waals surface area contributed by atoms with Gasteiger partial charge in [-0.2, -0.15) is 0 Å². The van der Waals surface area contributed by atoms with Crippen molar-refractivity contribution in [3.63, 3.8) is 0 Å². The number of nitrogens with zero attached hydrogens (tertiary/aromatic N) is 5. The molecule has 22 heteroatoms. The Morgan fingerprint density at radius 3 is 1.30 bits per heavy atom. The van der Waals surface area contributed by atoms with E-state index in [1.807, 2.05) is 148 Å². The first kappa shape index (κ1) is 64.7. The summed E-state index contributed by atoms with van der Waals surface area (Å²) in [7, 11) is 15.4. The van der Waals surface area contributed by atoms with E-state index < -0.39 is 47.6 Å². The molecule has 0 unspecified atom stereocenters. The Labute approximate surface area is 526 Å². The van der Waals surface area contributed by atoms with Crippen LogP contribution in [0.25, 0.3) is 66.8 Å². The van der Waals surface area contributed by atoms with Gasteiger partial charge in [0.2, 0.25) is 10.7 Å². The highest BCUT2D eigenvalue weighted by Gasteiger charge is 2.34. The predicted molar refractivity (Wildman–Crippen MR) is 346 cm³/mol. The molecule has 6 aromatic carbocycles. The molecule has 3 aliphatic heterocycles. The van der Waals surface area contributed by atoms with Crippen molar-refractivity contribution in [3.05, 3.63) is 213 Å². The quantitative estimate of drug-likeness (QED) is 0.0337. The summed E-state index contributed by atoms with van der Waals surface area (Å²) < 4.78 is 16.6. The fourth-order valence-corrected chi connectivity index (χ4v) is 10.2. The van der Waals surface area contributed by atoms with Gasteiger partial charge >= 0.3 is 29.8 Å². The molecule has 0 bridgehead atoms. The highest BCUT2D eigenvalue weighted by molar-refractivity contribution is 6.11. The maximum atomic E-state index is 13.0. The first-order valence-electron chi connectivity index (χ1n) is 28.6. The number of amides is 3. The number of hydrogen-bond donors (Lipinski definition) is 6. The summed E-state index contributed by atoms with van der Waals surface area (Å²) in [4.78, 5) is 105. The largest absolute Gasteiger partial charge is 0.478 e. The predicted octanol–water partition coefficient (Wildman–Crippen LogP) is 8.69. The van der Waals surface area contributed by atoms with Crippen LogP contribution in [0.5, 0.6) is 0 Å². The molecule has 3 heterocycles. The summed E-state index contributed by atoms with van der Waals surface area (Å²) in [5, 5.41) is 44.5. The highest BCUT2D eigenvalue weighted by atomic mass is 16.7. The van der Waals surface area contributed by atoms with Crippen molar-refractivity contribution >= 4 is 80.9 Å². The van der Waals surface area contributed by atoms with E-state index in [2.05, 4.69) is 5.32 Å². The van der Waals surface area contributed by atoms with Gasteiger partial charge < -0.3 is 54.9 Å². The number of carboxylic acid groups (broad SMARTS) is 4. The van der Waals surface area contributed by atoms with Gasteiger partial charge in [0.15, 0.2) is 0 Å². The number of carbonyl (C=O) groups excluding carboxylic acids is 4. The number of carboxylic acids is 4. The average molecular weight is 1240 g/mol. The summed E-state index contributed by atoms with van der Waals surface area (Å²) in [5.74, 6) is -5.90. The molecule has 5 aliphatic rings. The van der Waals surface area contributed by atoms with Crippen molar-refractivity contribution in [2.24, 2.45) is 5.73 Å². The Morgan fingerprint density at radius 2 is 0.902 bits per heavy atom. The Kier molecular flexibility index (Phi) is 19.2. The van der Waals surface area contributed by atoms with Gasteiger partial charge in [-0.15, -0.1) is 5.06 Å². The summed E-state index contributed by atoms with van der Waals surface area (Å²) in [6.45, 7) is 0.598. The molecule has 0 atom stereocenters. The van der Waals surface area contributed by atoms with Crippen LogP contribution >= 0.6 is 0 Å². The lowest BCUT2D eigenvalue weighted by atomic mass is 9.89. The first-order chi connectivity index (χ1) is 43.8. The van der Waals surface area contributed by atoms with E-state index in [4.69, 9.17) is 29.6 Å². The molecule has 0 saturated carbocycles. The second kappa shape index (κ2) is 27.3. The second-order valence-electron chi connectivity index (χ2n) is 22.2. The molecule has 3 amide bonds. The third-order valence-electron chi connectivity index (χ3n) is 15.3. The first-order valence-corrected chi connectivity index (χ1v) is 28.6. The zero-order valence-corrected chi connectivity index (χ0v) is 51.4. The lowest BCUT2D eigenvalue weighted by molar-refractivity contribution is -0.172. The van der Waals surface area contributed by atoms with Crippen molar-refractivity contribution in [3.8, 4) is 44.9 Å². The number of anilines is 2. The third kappa shape index (κ3) is 14.0. The monoisotopic (exact) mass is 1240 g/mol. The molecule has 2 aliphatic carbocycles. The van der Waals surface area contributed by atoms with E-state index in [1.54, 1.807) is 48.5 Å². The molecule has 0 aromatic heterocycles. The second-order valence-corrected chi connectivity index (χ2v) is 22.2. The van der Waals surface area contributed by atoms with E-state index in [9.17, 15) is 48.6 Å². The summed E-state index contributed by atoms with van der Waals surface area (Å²) in [6, 6.07) is 44.4. The normalized spacial score (nSPS) is 11.8. The number of nitrogens with two attached hydrogens (primary N) is 1. The van der Waals surface area contributed by atoms with Crippen molar-refractivity contribution in [1.29, 1.82) is 0 Å². The minimum Gasteiger partial charge on any atom is -0.478 e. The van der Waals surface area contributed by atoms with Crippen LogP contribution < -0.4 is 40.7 Å². The molecular weight excluding hydrogens is 1180 g/mol.